The fraction of sp³-hybridized carbons (Fsp3) is 0.0968. The number of fused-ring (bicyclic) bond motifs is 2. The fourth-order valence-corrected chi connectivity index (χ4v) is 4.62. The zero-order valence-electron chi connectivity index (χ0n) is 20.4. The van der Waals surface area contributed by atoms with Gasteiger partial charge in [0.25, 0.3) is 0 Å². The van der Waals surface area contributed by atoms with Gasteiger partial charge in [-0.25, -0.2) is 0 Å². The molecule has 0 bridgehead atoms. The first kappa shape index (κ1) is 24.5. The number of ketones is 1. The molecular weight excluding hydrogens is 507 g/mol. The second-order valence-corrected chi connectivity index (χ2v) is 8.95. The third kappa shape index (κ3) is 4.77. The summed E-state index contributed by atoms with van der Waals surface area (Å²) in [5.74, 6) is 1.45. The van der Waals surface area contributed by atoms with Crippen LogP contribution in [0, 0.1) is 0 Å². The summed E-state index contributed by atoms with van der Waals surface area (Å²) in [6, 6.07) is 24.9. The molecule has 5 aromatic rings. The van der Waals surface area contributed by atoms with Crippen LogP contribution in [-0.2, 0) is 12.8 Å². The maximum Gasteiger partial charge on any atom is 0.418 e. The molecule has 2 heterocycles. The van der Waals surface area contributed by atoms with Crippen molar-refractivity contribution in [2.45, 2.75) is 12.8 Å². The minimum atomic E-state index is -4.61. The molecule has 0 N–H and O–H groups in total. The van der Waals surface area contributed by atoms with E-state index in [0.29, 0.717) is 33.9 Å². The summed E-state index contributed by atoms with van der Waals surface area (Å²) in [5.41, 5.74) is 1.25. The number of carbonyl (C=O) groups is 1. The lowest BCUT2D eigenvalue weighted by Crippen LogP contribution is -2.09. The highest BCUT2D eigenvalue weighted by atomic mass is 19.4. The Bertz CT molecular complexity index is 1700. The lowest BCUT2D eigenvalue weighted by Gasteiger charge is -2.16. The summed E-state index contributed by atoms with van der Waals surface area (Å²) in [5, 5.41) is 0.222. The van der Waals surface area contributed by atoms with Gasteiger partial charge in [0.05, 0.1) is 11.1 Å². The molecule has 39 heavy (non-hydrogen) atoms. The van der Waals surface area contributed by atoms with Crippen LogP contribution in [0.4, 0.5) is 13.2 Å². The molecule has 5 nitrogen and oxygen atoms in total. The van der Waals surface area contributed by atoms with E-state index in [0.717, 1.165) is 11.6 Å². The van der Waals surface area contributed by atoms with Gasteiger partial charge in [0.2, 0.25) is 6.79 Å². The van der Waals surface area contributed by atoms with Gasteiger partial charge in [0, 0.05) is 28.3 Å². The van der Waals surface area contributed by atoms with Gasteiger partial charge in [-0.2, -0.15) is 13.2 Å². The van der Waals surface area contributed by atoms with Crippen molar-refractivity contribution in [3.05, 3.63) is 119 Å². The van der Waals surface area contributed by atoms with Gasteiger partial charge in [0.1, 0.15) is 12.4 Å². The lowest BCUT2D eigenvalue weighted by molar-refractivity contribution is -0.136. The molecule has 0 amide bonds. The average molecular weight is 527 g/mol. The fourth-order valence-electron chi connectivity index (χ4n) is 4.62. The lowest BCUT2D eigenvalue weighted by atomic mass is 9.91. The summed E-state index contributed by atoms with van der Waals surface area (Å²) in [4.78, 5) is 17.7. The number of rotatable bonds is 6. The highest BCUT2D eigenvalue weighted by Gasteiger charge is 2.34. The summed E-state index contributed by atoms with van der Waals surface area (Å²) in [6.45, 7) is 0.396. The molecule has 0 saturated carbocycles. The molecule has 0 saturated heterocycles. The van der Waals surface area contributed by atoms with Crippen LogP contribution < -0.4 is 14.2 Å². The van der Waals surface area contributed by atoms with Crippen LogP contribution in [0.25, 0.3) is 22.0 Å². The van der Waals surface area contributed by atoms with Crippen LogP contribution in [0.15, 0.2) is 97.2 Å². The van der Waals surface area contributed by atoms with E-state index in [1.165, 1.54) is 12.3 Å². The summed E-state index contributed by atoms with van der Waals surface area (Å²) in [6.07, 6.45) is -3.38. The van der Waals surface area contributed by atoms with E-state index in [1.54, 1.807) is 66.7 Å². The van der Waals surface area contributed by atoms with Gasteiger partial charge >= 0.3 is 6.18 Å². The zero-order valence-corrected chi connectivity index (χ0v) is 20.4. The number of para-hydroxylation sites is 1. The van der Waals surface area contributed by atoms with Gasteiger partial charge in [-0.05, 0) is 41.5 Å². The largest absolute Gasteiger partial charge is 0.489 e. The first-order valence-corrected chi connectivity index (χ1v) is 12.1. The van der Waals surface area contributed by atoms with E-state index in [4.69, 9.17) is 14.2 Å². The molecule has 0 spiro atoms. The van der Waals surface area contributed by atoms with Gasteiger partial charge < -0.3 is 14.2 Å². The number of alkyl halides is 3. The Hall–Kier alpha value is -4.85. The Morgan fingerprint density at radius 3 is 2.49 bits per heavy atom. The van der Waals surface area contributed by atoms with Crippen molar-refractivity contribution in [2.24, 2.45) is 0 Å². The molecule has 0 fully saturated rings. The number of ether oxygens (including phenoxy) is 3. The third-order valence-corrected chi connectivity index (χ3v) is 6.45. The number of benzene rings is 4. The molecule has 4 aromatic carbocycles. The number of carbonyl (C=O) groups excluding carboxylic acids is 1. The van der Waals surface area contributed by atoms with Gasteiger partial charge in [-0.3, -0.25) is 9.78 Å². The molecule has 1 aliphatic rings. The molecule has 0 unspecified atom stereocenters. The van der Waals surface area contributed by atoms with E-state index in [-0.39, 0.29) is 35.6 Å². The maximum atomic E-state index is 13.8. The van der Waals surface area contributed by atoms with Crippen LogP contribution >= 0.6 is 0 Å². The van der Waals surface area contributed by atoms with E-state index in [2.05, 4.69) is 4.98 Å². The van der Waals surface area contributed by atoms with Gasteiger partial charge in [0.15, 0.2) is 17.3 Å². The highest BCUT2D eigenvalue weighted by molar-refractivity contribution is 6.16. The average Bonchev–Trinajstić information content (AvgIpc) is 3.43. The van der Waals surface area contributed by atoms with Crippen LogP contribution in [-0.4, -0.2) is 17.6 Å². The van der Waals surface area contributed by atoms with Crippen LogP contribution in [0.5, 0.6) is 17.2 Å². The monoisotopic (exact) mass is 527 g/mol. The molecule has 194 valence electrons. The van der Waals surface area contributed by atoms with E-state index in [1.807, 2.05) is 12.1 Å². The van der Waals surface area contributed by atoms with Crippen molar-refractivity contribution in [3.8, 4) is 28.4 Å². The highest BCUT2D eigenvalue weighted by Crippen LogP contribution is 2.40. The minimum absolute atomic E-state index is 0.168. The molecule has 1 aliphatic heterocycles. The zero-order chi connectivity index (χ0) is 27.0. The van der Waals surface area contributed by atoms with Crippen molar-refractivity contribution >= 4 is 16.7 Å². The van der Waals surface area contributed by atoms with Crippen molar-refractivity contribution in [1.82, 2.24) is 4.98 Å². The Morgan fingerprint density at radius 2 is 1.67 bits per heavy atom. The van der Waals surface area contributed by atoms with Crippen molar-refractivity contribution in [3.63, 3.8) is 0 Å². The number of pyridine rings is 1. The normalized spacial score (nSPS) is 12.5. The molecule has 0 radical (unpaired) electrons. The van der Waals surface area contributed by atoms with Gasteiger partial charge in [-0.15, -0.1) is 0 Å². The quantitative estimate of drug-likeness (QED) is 0.215. The Labute approximate surface area is 221 Å². The number of hydrogen-bond acceptors (Lipinski definition) is 5. The maximum absolute atomic E-state index is 13.8. The molecule has 0 aliphatic carbocycles. The van der Waals surface area contributed by atoms with Crippen LogP contribution in [0.3, 0.4) is 0 Å². The van der Waals surface area contributed by atoms with E-state index in [9.17, 15) is 18.0 Å². The predicted molar refractivity (Wildman–Crippen MR) is 139 cm³/mol. The van der Waals surface area contributed by atoms with E-state index < -0.39 is 11.7 Å². The second kappa shape index (κ2) is 9.79. The summed E-state index contributed by atoms with van der Waals surface area (Å²) in [7, 11) is 0. The number of nitrogens with zero attached hydrogens (tertiary/aromatic N) is 1. The Balaban J connectivity index is 1.44. The number of hydrogen-bond donors (Lipinski definition) is 0. The molecule has 1 aromatic heterocycles. The summed E-state index contributed by atoms with van der Waals surface area (Å²) >= 11 is 0. The number of halogens is 3. The summed E-state index contributed by atoms with van der Waals surface area (Å²) < 4.78 is 58.3. The van der Waals surface area contributed by atoms with Crippen LogP contribution in [0.2, 0.25) is 0 Å². The van der Waals surface area contributed by atoms with E-state index >= 15 is 0 Å². The Kier molecular flexibility index (Phi) is 6.15. The standard InChI is InChI=1S/C31H20F3NO4/c32-31(33,34)25-11-5-10-23-28(24(16-35-29(23)25)30(36)20-6-2-1-3-7-20)21-8-4-9-22(15-21)37-17-19-12-13-26-27(14-19)39-18-38-26/h1-16H,17-18H2. The second-order valence-electron chi connectivity index (χ2n) is 8.95. The molecular formula is C31H20F3NO4. The predicted octanol–water partition coefficient (Wildman–Crippen LogP) is 7.46. The minimum Gasteiger partial charge on any atom is -0.489 e. The van der Waals surface area contributed by atoms with Crippen molar-refractivity contribution in [1.29, 1.82) is 0 Å². The topological polar surface area (TPSA) is 57.7 Å². The number of aromatic nitrogens is 1. The smallest absolute Gasteiger partial charge is 0.418 e. The van der Waals surface area contributed by atoms with Crippen LogP contribution in [0.1, 0.15) is 27.0 Å². The van der Waals surface area contributed by atoms with Crippen molar-refractivity contribution < 1.29 is 32.2 Å². The first-order valence-electron chi connectivity index (χ1n) is 12.1. The SMILES string of the molecule is O=C(c1ccccc1)c1cnc2c(C(F)(F)F)cccc2c1-c1cccc(OCc2ccc3c(c2)OCO3)c1. The molecule has 6 rings (SSSR count). The molecule has 8 heteroatoms. The molecule has 0 atom stereocenters. The van der Waals surface area contributed by atoms with Gasteiger partial charge in [-0.1, -0.05) is 60.7 Å². The van der Waals surface area contributed by atoms with Crippen molar-refractivity contribution in [2.75, 3.05) is 6.79 Å². The first-order chi connectivity index (χ1) is 18.9. The Morgan fingerprint density at radius 1 is 0.872 bits per heavy atom. The third-order valence-electron chi connectivity index (χ3n) is 6.45.